The second-order valence-electron chi connectivity index (χ2n) is 6.65. The number of rotatable bonds is 5. The van der Waals surface area contributed by atoms with Gasteiger partial charge in [0.25, 0.3) is 0 Å². The first kappa shape index (κ1) is 17.5. The van der Waals surface area contributed by atoms with Crippen molar-refractivity contribution >= 4 is 11.6 Å². The molecule has 0 radical (unpaired) electrons. The summed E-state index contributed by atoms with van der Waals surface area (Å²) in [5.74, 6) is 0.123. The molecule has 134 valence electrons. The molecule has 2 aromatic rings. The Morgan fingerprint density at radius 2 is 1.88 bits per heavy atom. The Balaban J connectivity index is 1.69. The van der Waals surface area contributed by atoms with Crippen LogP contribution in [0.1, 0.15) is 56.6 Å². The van der Waals surface area contributed by atoms with Gasteiger partial charge in [0, 0.05) is 30.4 Å². The van der Waals surface area contributed by atoms with Crippen LogP contribution in [0.3, 0.4) is 0 Å². The van der Waals surface area contributed by atoms with Gasteiger partial charge in [-0.2, -0.15) is 4.98 Å². The van der Waals surface area contributed by atoms with E-state index in [-0.39, 0.29) is 17.8 Å². The van der Waals surface area contributed by atoms with E-state index in [4.69, 9.17) is 4.52 Å². The number of hydrogen-bond donors (Lipinski definition) is 1. The summed E-state index contributed by atoms with van der Waals surface area (Å²) < 4.78 is 5.11. The van der Waals surface area contributed by atoms with Crippen molar-refractivity contribution in [1.29, 1.82) is 0 Å². The third-order valence-electron chi connectivity index (χ3n) is 4.71. The molecule has 0 spiro atoms. The Hall–Kier alpha value is -2.37. The lowest BCUT2D eigenvalue weighted by molar-refractivity contribution is 0.0895. The standard InChI is InChI=1S/C19H26N4O2/c1-3-14(2)20-18(24)19-21-17(22-25-19)15-8-10-16(11-9-15)23-12-6-4-5-7-13-23/h8-11,14H,3-7,12-13H2,1-2H3,(H,20,24)/t14-/m1/s1. The molecule has 1 saturated heterocycles. The number of carbonyl (C=O) groups is 1. The van der Waals surface area contributed by atoms with E-state index in [1.165, 1.54) is 31.4 Å². The van der Waals surface area contributed by atoms with Gasteiger partial charge in [-0.15, -0.1) is 0 Å². The van der Waals surface area contributed by atoms with Crippen molar-refractivity contribution in [2.75, 3.05) is 18.0 Å². The van der Waals surface area contributed by atoms with Crippen LogP contribution in [0.25, 0.3) is 11.4 Å². The summed E-state index contributed by atoms with van der Waals surface area (Å²) in [5.41, 5.74) is 2.08. The molecule has 1 aliphatic heterocycles. The average Bonchev–Trinajstić information content (AvgIpc) is 2.98. The molecule has 1 atom stereocenters. The van der Waals surface area contributed by atoms with Gasteiger partial charge < -0.3 is 14.7 Å². The molecule has 0 aliphatic carbocycles. The molecule has 0 saturated carbocycles. The Kier molecular flexibility index (Phi) is 5.68. The van der Waals surface area contributed by atoms with Crippen molar-refractivity contribution in [3.63, 3.8) is 0 Å². The first-order valence-electron chi connectivity index (χ1n) is 9.17. The summed E-state index contributed by atoms with van der Waals surface area (Å²) in [7, 11) is 0. The molecule has 3 rings (SSSR count). The largest absolute Gasteiger partial charge is 0.372 e. The highest BCUT2D eigenvalue weighted by molar-refractivity contribution is 5.90. The summed E-state index contributed by atoms with van der Waals surface area (Å²) >= 11 is 0. The van der Waals surface area contributed by atoms with Gasteiger partial charge >= 0.3 is 11.8 Å². The quantitative estimate of drug-likeness (QED) is 0.898. The summed E-state index contributed by atoms with van der Waals surface area (Å²) in [5, 5.41) is 6.76. The van der Waals surface area contributed by atoms with Crippen LogP contribution >= 0.6 is 0 Å². The number of nitrogens with zero attached hydrogens (tertiary/aromatic N) is 3. The summed E-state index contributed by atoms with van der Waals surface area (Å²) in [6, 6.07) is 8.24. The maximum Gasteiger partial charge on any atom is 0.316 e. The van der Waals surface area contributed by atoms with Crippen LogP contribution in [0.2, 0.25) is 0 Å². The molecule has 2 heterocycles. The van der Waals surface area contributed by atoms with Crippen molar-refractivity contribution < 1.29 is 9.32 Å². The maximum absolute atomic E-state index is 12.0. The minimum atomic E-state index is -0.325. The fourth-order valence-corrected chi connectivity index (χ4v) is 2.97. The Morgan fingerprint density at radius 1 is 1.20 bits per heavy atom. The minimum absolute atomic E-state index is 0.00638. The Labute approximate surface area is 148 Å². The van der Waals surface area contributed by atoms with Crippen molar-refractivity contribution in [3.8, 4) is 11.4 Å². The highest BCUT2D eigenvalue weighted by Gasteiger charge is 2.18. The van der Waals surface area contributed by atoms with E-state index >= 15 is 0 Å². The number of amides is 1. The van der Waals surface area contributed by atoms with Crippen LogP contribution in [-0.4, -0.2) is 35.2 Å². The molecule has 0 unspecified atom stereocenters. The van der Waals surface area contributed by atoms with E-state index in [1.54, 1.807) is 0 Å². The van der Waals surface area contributed by atoms with Gasteiger partial charge in [-0.3, -0.25) is 4.79 Å². The van der Waals surface area contributed by atoms with Crippen LogP contribution in [0.4, 0.5) is 5.69 Å². The SMILES string of the molecule is CC[C@@H](C)NC(=O)c1nc(-c2ccc(N3CCCCCC3)cc2)no1. The van der Waals surface area contributed by atoms with E-state index in [0.717, 1.165) is 25.1 Å². The maximum atomic E-state index is 12.0. The number of nitrogens with one attached hydrogen (secondary N) is 1. The van der Waals surface area contributed by atoms with E-state index in [1.807, 2.05) is 26.0 Å². The third-order valence-corrected chi connectivity index (χ3v) is 4.71. The zero-order chi connectivity index (χ0) is 17.6. The molecule has 1 aliphatic rings. The molecule has 1 fully saturated rings. The molecule has 6 heteroatoms. The molecule has 6 nitrogen and oxygen atoms in total. The molecular weight excluding hydrogens is 316 g/mol. The lowest BCUT2D eigenvalue weighted by atomic mass is 10.2. The van der Waals surface area contributed by atoms with Crippen LogP contribution in [0.5, 0.6) is 0 Å². The lowest BCUT2D eigenvalue weighted by Crippen LogP contribution is -2.32. The van der Waals surface area contributed by atoms with Gasteiger partial charge in [-0.25, -0.2) is 0 Å². The second-order valence-corrected chi connectivity index (χ2v) is 6.65. The first-order chi connectivity index (χ1) is 12.2. The van der Waals surface area contributed by atoms with E-state index < -0.39 is 0 Å². The predicted molar refractivity (Wildman–Crippen MR) is 97.6 cm³/mol. The van der Waals surface area contributed by atoms with Crippen LogP contribution in [-0.2, 0) is 0 Å². The van der Waals surface area contributed by atoms with E-state index in [9.17, 15) is 4.79 Å². The molecule has 1 N–H and O–H groups in total. The van der Waals surface area contributed by atoms with Crippen LogP contribution < -0.4 is 10.2 Å². The zero-order valence-corrected chi connectivity index (χ0v) is 15.0. The lowest BCUT2D eigenvalue weighted by Gasteiger charge is -2.22. The average molecular weight is 342 g/mol. The Bertz CT molecular complexity index is 688. The molecular formula is C19H26N4O2. The number of hydrogen-bond acceptors (Lipinski definition) is 5. The van der Waals surface area contributed by atoms with Crippen LogP contribution in [0.15, 0.2) is 28.8 Å². The molecule has 1 amide bonds. The van der Waals surface area contributed by atoms with Gasteiger partial charge in [0.05, 0.1) is 0 Å². The summed E-state index contributed by atoms with van der Waals surface area (Å²) in [6.07, 6.45) is 5.99. The molecule has 1 aromatic carbocycles. The van der Waals surface area contributed by atoms with Gasteiger partial charge in [0.15, 0.2) is 0 Å². The molecule has 0 bridgehead atoms. The highest BCUT2D eigenvalue weighted by Crippen LogP contribution is 2.23. The summed E-state index contributed by atoms with van der Waals surface area (Å²) in [4.78, 5) is 18.7. The van der Waals surface area contributed by atoms with Crippen molar-refractivity contribution in [1.82, 2.24) is 15.5 Å². The number of aromatic nitrogens is 2. The van der Waals surface area contributed by atoms with Gasteiger partial charge in [-0.05, 0) is 50.5 Å². The molecule has 25 heavy (non-hydrogen) atoms. The van der Waals surface area contributed by atoms with Crippen molar-refractivity contribution in [3.05, 3.63) is 30.2 Å². The first-order valence-corrected chi connectivity index (χ1v) is 9.17. The van der Waals surface area contributed by atoms with E-state index in [0.29, 0.717) is 5.82 Å². The van der Waals surface area contributed by atoms with Gasteiger partial charge in [0.1, 0.15) is 0 Å². The third kappa shape index (κ3) is 4.38. The number of anilines is 1. The fourth-order valence-electron chi connectivity index (χ4n) is 2.97. The highest BCUT2D eigenvalue weighted by atomic mass is 16.5. The van der Waals surface area contributed by atoms with Gasteiger partial charge in [0.2, 0.25) is 5.82 Å². The normalized spacial score (nSPS) is 16.3. The minimum Gasteiger partial charge on any atom is -0.372 e. The van der Waals surface area contributed by atoms with Crippen molar-refractivity contribution in [2.24, 2.45) is 0 Å². The fraction of sp³-hybridized carbons (Fsp3) is 0.526. The topological polar surface area (TPSA) is 71.3 Å². The monoisotopic (exact) mass is 342 g/mol. The second kappa shape index (κ2) is 8.14. The Morgan fingerprint density at radius 3 is 2.52 bits per heavy atom. The van der Waals surface area contributed by atoms with Gasteiger partial charge in [-0.1, -0.05) is 24.9 Å². The van der Waals surface area contributed by atoms with Crippen molar-refractivity contribution in [2.45, 2.75) is 52.0 Å². The smallest absolute Gasteiger partial charge is 0.316 e. The number of benzene rings is 1. The predicted octanol–water partition coefficient (Wildman–Crippen LogP) is 3.65. The molecule has 1 aromatic heterocycles. The zero-order valence-electron chi connectivity index (χ0n) is 15.0. The van der Waals surface area contributed by atoms with E-state index in [2.05, 4.69) is 32.5 Å². The van der Waals surface area contributed by atoms with Crippen LogP contribution in [0, 0.1) is 0 Å². The summed E-state index contributed by atoms with van der Waals surface area (Å²) in [6.45, 7) is 6.18. The number of carbonyl (C=O) groups excluding carboxylic acids is 1.